The van der Waals surface area contributed by atoms with Gasteiger partial charge in [-0.25, -0.2) is 23.3 Å². The summed E-state index contributed by atoms with van der Waals surface area (Å²) in [5.41, 5.74) is 1.61. The molecule has 0 aliphatic rings. The highest BCUT2D eigenvalue weighted by atomic mass is 32.2. The van der Waals surface area contributed by atoms with Crippen LogP contribution in [0.1, 0.15) is 24.1 Å². The summed E-state index contributed by atoms with van der Waals surface area (Å²) < 4.78 is 22.4. The molecule has 0 fully saturated rings. The highest BCUT2D eigenvalue weighted by Gasteiger charge is 2.13. The lowest BCUT2D eigenvalue weighted by atomic mass is 10.1. The summed E-state index contributed by atoms with van der Waals surface area (Å²) in [6.45, 7) is 3.63. The Morgan fingerprint density at radius 3 is 2.43 bits per heavy atom. The summed E-state index contributed by atoms with van der Waals surface area (Å²) in [5.74, 6) is 0.488. The van der Waals surface area contributed by atoms with E-state index in [-0.39, 0.29) is 10.9 Å². The van der Waals surface area contributed by atoms with E-state index in [1.807, 2.05) is 13.0 Å². The largest absolute Gasteiger partial charge is 0.331 e. The minimum atomic E-state index is -3.72. The highest BCUT2D eigenvalue weighted by Crippen LogP contribution is 2.16. The van der Waals surface area contributed by atoms with Crippen LogP contribution < -0.4 is 15.8 Å². The van der Waals surface area contributed by atoms with E-state index in [0.29, 0.717) is 5.82 Å². The first-order valence-electron chi connectivity index (χ1n) is 6.89. The first kappa shape index (κ1) is 16.9. The Hall–Kier alpha value is -2.45. The van der Waals surface area contributed by atoms with Crippen LogP contribution in [0, 0.1) is 6.92 Å². The van der Waals surface area contributed by atoms with Crippen molar-refractivity contribution in [3.63, 3.8) is 0 Å². The quantitative estimate of drug-likeness (QED) is 0.792. The monoisotopic (exact) mass is 334 g/mol. The fourth-order valence-electron chi connectivity index (χ4n) is 1.99. The molecule has 2 aromatic rings. The van der Waals surface area contributed by atoms with Gasteiger partial charge in [0.25, 0.3) is 0 Å². The molecule has 122 valence electrons. The van der Waals surface area contributed by atoms with E-state index in [4.69, 9.17) is 5.14 Å². The van der Waals surface area contributed by atoms with Gasteiger partial charge in [0.05, 0.1) is 10.9 Å². The van der Waals surface area contributed by atoms with Gasteiger partial charge in [0.1, 0.15) is 5.82 Å². The van der Waals surface area contributed by atoms with Crippen molar-refractivity contribution in [1.29, 1.82) is 0 Å². The van der Waals surface area contributed by atoms with Crippen LogP contribution >= 0.6 is 0 Å². The van der Waals surface area contributed by atoms with E-state index in [9.17, 15) is 13.2 Å². The highest BCUT2D eigenvalue weighted by molar-refractivity contribution is 7.89. The molecule has 0 radical (unpaired) electrons. The summed E-state index contributed by atoms with van der Waals surface area (Å²) in [7, 11) is -3.72. The first-order chi connectivity index (χ1) is 10.8. The molecule has 23 heavy (non-hydrogen) atoms. The second kappa shape index (κ2) is 6.76. The number of anilines is 1. The molecule has 4 N–H and O–H groups in total. The number of hydrogen-bond acceptors (Lipinski definition) is 4. The van der Waals surface area contributed by atoms with Crippen molar-refractivity contribution >= 4 is 21.9 Å². The maximum Gasteiger partial charge on any atom is 0.320 e. The van der Waals surface area contributed by atoms with Crippen LogP contribution in [0.25, 0.3) is 0 Å². The molecule has 0 aliphatic carbocycles. The van der Waals surface area contributed by atoms with E-state index in [0.717, 1.165) is 11.1 Å². The normalized spacial score (nSPS) is 12.5. The molecule has 1 atom stereocenters. The summed E-state index contributed by atoms with van der Waals surface area (Å²) in [6.07, 6.45) is 1.60. The van der Waals surface area contributed by atoms with Gasteiger partial charge in [-0.3, -0.25) is 5.32 Å². The third-order valence-corrected chi connectivity index (χ3v) is 4.23. The van der Waals surface area contributed by atoms with Crippen LogP contribution in [0.5, 0.6) is 0 Å². The summed E-state index contributed by atoms with van der Waals surface area (Å²) >= 11 is 0. The Labute approximate surface area is 135 Å². The van der Waals surface area contributed by atoms with Crippen molar-refractivity contribution in [2.75, 3.05) is 5.32 Å². The third-order valence-electron chi connectivity index (χ3n) is 3.30. The number of aromatic nitrogens is 1. The zero-order valence-electron chi connectivity index (χ0n) is 12.8. The van der Waals surface area contributed by atoms with Gasteiger partial charge in [-0.2, -0.15) is 0 Å². The number of carbonyl (C=O) groups is 1. The molecule has 1 aromatic carbocycles. The molecule has 7 nitrogen and oxygen atoms in total. The molecule has 1 heterocycles. The molecule has 0 spiro atoms. The number of nitrogens with zero attached hydrogens (tertiary/aromatic N) is 1. The SMILES string of the molecule is Cc1cccnc1NC(=O)N[C@@H](C)c1ccc(S(N)(=O)=O)cc1. The van der Waals surface area contributed by atoms with Crippen LogP contribution in [-0.2, 0) is 10.0 Å². The number of nitrogens with one attached hydrogen (secondary N) is 2. The number of benzene rings is 1. The molecule has 0 unspecified atom stereocenters. The fourth-order valence-corrected chi connectivity index (χ4v) is 2.50. The zero-order valence-corrected chi connectivity index (χ0v) is 13.6. The Bertz CT molecular complexity index is 804. The molecule has 0 bridgehead atoms. The van der Waals surface area contributed by atoms with E-state index in [2.05, 4.69) is 15.6 Å². The van der Waals surface area contributed by atoms with Gasteiger partial charge in [-0.05, 0) is 43.2 Å². The lowest BCUT2D eigenvalue weighted by Gasteiger charge is -2.15. The van der Waals surface area contributed by atoms with Crippen molar-refractivity contribution in [3.8, 4) is 0 Å². The summed E-state index contributed by atoms with van der Waals surface area (Å²) in [5, 5.41) is 10.5. The third kappa shape index (κ3) is 4.51. The molecule has 0 saturated heterocycles. The van der Waals surface area contributed by atoms with Crippen LogP contribution in [-0.4, -0.2) is 19.4 Å². The van der Waals surface area contributed by atoms with Crippen molar-refractivity contribution in [2.24, 2.45) is 5.14 Å². The fraction of sp³-hybridized carbons (Fsp3) is 0.200. The van der Waals surface area contributed by atoms with Crippen LogP contribution in [0.4, 0.5) is 10.6 Å². The minimum absolute atomic E-state index is 0.0296. The maximum absolute atomic E-state index is 12.0. The smallest absolute Gasteiger partial charge is 0.320 e. The van der Waals surface area contributed by atoms with Crippen LogP contribution in [0.15, 0.2) is 47.5 Å². The topological polar surface area (TPSA) is 114 Å². The Balaban J connectivity index is 2.02. The number of aryl methyl sites for hydroxylation is 1. The lowest BCUT2D eigenvalue weighted by Crippen LogP contribution is -2.31. The molecule has 1 aromatic heterocycles. The molecular weight excluding hydrogens is 316 g/mol. The standard InChI is InChI=1S/C15H18N4O3S/c1-10-4-3-9-17-14(10)19-15(20)18-11(2)12-5-7-13(8-6-12)23(16,21)22/h3-9,11H,1-2H3,(H2,16,21,22)(H2,17,18,19,20)/t11-/m0/s1. The van der Waals surface area contributed by atoms with E-state index in [1.165, 1.54) is 12.1 Å². The van der Waals surface area contributed by atoms with Gasteiger partial charge in [0, 0.05) is 6.20 Å². The second-order valence-corrected chi connectivity index (χ2v) is 6.66. The molecular formula is C15H18N4O3S. The van der Waals surface area contributed by atoms with Gasteiger partial charge in [0.15, 0.2) is 0 Å². The Morgan fingerprint density at radius 2 is 1.87 bits per heavy atom. The van der Waals surface area contributed by atoms with Gasteiger partial charge < -0.3 is 5.32 Å². The number of amides is 2. The Kier molecular flexibility index (Phi) is 4.97. The zero-order chi connectivity index (χ0) is 17.0. The van der Waals surface area contributed by atoms with E-state index < -0.39 is 16.1 Å². The Morgan fingerprint density at radius 1 is 1.22 bits per heavy atom. The average molecular weight is 334 g/mol. The van der Waals surface area contributed by atoms with Gasteiger partial charge in [-0.15, -0.1) is 0 Å². The number of urea groups is 1. The molecule has 2 amide bonds. The number of sulfonamides is 1. The average Bonchev–Trinajstić information content (AvgIpc) is 2.49. The van der Waals surface area contributed by atoms with Crippen LogP contribution in [0.3, 0.4) is 0 Å². The lowest BCUT2D eigenvalue weighted by molar-refractivity contribution is 0.249. The number of pyridine rings is 1. The van der Waals surface area contributed by atoms with Gasteiger partial charge in [-0.1, -0.05) is 18.2 Å². The predicted molar refractivity (Wildman–Crippen MR) is 87.4 cm³/mol. The number of rotatable bonds is 4. The maximum atomic E-state index is 12.0. The predicted octanol–water partition coefficient (Wildman–Crippen LogP) is 1.92. The van der Waals surface area contributed by atoms with Crippen molar-refractivity contribution in [3.05, 3.63) is 53.7 Å². The summed E-state index contributed by atoms with van der Waals surface area (Å²) in [6, 6.07) is 8.95. The first-order valence-corrected chi connectivity index (χ1v) is 8.44. The van der Waals surface area contributed by atoms with E-state index >= 15 is 0 Å². The van der Waals surface area contributed by atoms with Crippen molar-refractivity contribution in [2.45, 2.75) is 24.8 Å². The van der Waals surface area contributed by atoms with Gasteiger partial charge >= 0.3 is 6.03 Å². The van der Waals surface area contributed by atoms with Crippen molar-refractivity contribution < 1.29 is 13.2 Å². The minimum Gasteiger partial charge on any atom is -0.331 e. The van der Waals surface area contributed by atoms with Crippen LogP contribution in [0.2, 0.25) is 0 Å². The second-order valence-electron chi connectivity index (χ2n) is 5.10. The van der Waals surface area contributed by atoms with Gasteiger partial charge in [0.2, 0.25) is 10.0 Å². The van der Waals surface area contributed by atoms with E-state index in [1.54, 1.807) is 31.3 Å². The molecule has 0 aliphatic heterocycles. The molecule has 8 heteroatoms. The summed E-state index contributed by atoms with van der Waals surface area (Å²) in [4.78, 5) is 16.1. The number of hydrogen-bond donors (Lipinski definition) is 3. The number of nitrogens with two attached hydrogens (primary N) is 1. The number of primary sulfonamides is 1. The number of carbonyl (C=O) groups excluding carboxylic acids is 1. The molecule has 0 saturated carbocycles. The van der Waals surface area contributed by atoms with Crippen molar-refractivity contribution in [1.82, 2.24) is 10.3 Å². The molecule has 2 rings (SSSR count).